The van der Waals surface area contributed by atoms with E-state index in [2.05, 4.69) is 47.3 Å². The summed E-state index contributed by atoms with van der Waals surface area (Å²) in [7, 11) is 0. The second-order valence-electron chi connectivity index (χ2n) is 7.33. The van der Waals surface area contributed by atoms with Crippen molar-refractivity contribution in [3.63, 3.8) is 0 Å². The van der Waals surface area contributed by atoms with Crippen LogP contribution in [0.25, 0.3) is 11.3 Å². The summed E-state index contributed by atoms with van der Waals surface area (Å²) in [5.74, 6) is 0.113. The number of anilines is 1. The lowest BCUT2D eigenvalue weighted by Crippen LogP contribution is -2.49. The van der Waals surface area contributed by atoms with Crippen LogP contribution >= 0.6 is 11.3 Å². The predicted octanol–water partition coefficient (Wildman–Crippen LogP) is 4.70. The van der Waals surface area contributed by atoms with Crippen molar-refractivity contribution >= 4 is 22.9 Å². The third kappa shape index (κ3) is 3.67. The van der Waals surface area contributed by atoms with Crippen molar-refractivity contribution in [1.29, 1.82) is 0 Å². The molecule has 0 unspecified atom stereocenters. The zero-order valence-corrected chi connectivity index (χ0v) is 17.4. The van der Waals surface area contributed by atoms with Gasteiger partial charge in [0.05, 0.1) is 10.7 Å². The smallest absolute Gasteiger partial charge is 0.253 e. The van der Waals surface area contributed by atoms with Gasteiger partial charge in [-0.25, -0.2) is 4.98 Å². The number of thiazole rings is 1. The van der Waals surface area contributed by atoms with Crippen molar-refractivity contribution in [3.8, 4) is 11.3 Å². The van der Waals surface area contributed by atoms with Gasteiger partial charge < -0.3 is 9.80 Å². The molecule has 0 spiro atoms. The van der Waals surface area contributed by atoms with Gasteiger partial charge in [0, 0.05) is 48.4 Å². The van der Waals surface area contributed by atoms with Crippen molar-refractivity contribution in [2.75, 3.05) is 31.1 Å². The molecule has 1 fully saturated rings. The second-order valence-corrected chi connectivity index (χ2v) is 8.39. The van der Waals surface area contributed by atoms with E-state index in [9.17, 15) is 4.79 Å². The van der Waals surface area contributed by atoms with Crippen LogP contribution in [0.5, 0.6) is 0 Å². The molecule has 1 aliphatic rings. The Kier molecular flexibility index (Phi) is 5.18. The van der Waals surface area contributed by atoms with Crippen LogP contribution in [0.3, 0.4) is 0 Å². The molecule has 2 heterocycles. The normalized spacial score (nSPS) is 14.4. The number of hydrogen-bond donors (Lipinski definition) is 0. The Hall–Kier alpha value is -2.66. The number of carbonyl (C=O) groups is 1. The van der Waals surface area contributed by atoms with E-state index in [1.54, 1.807) is 11.3 Å². The highest BCUT2D eigenvalue weighted by atomic mass is 32.1. The van der Waals surface area contributed by atoms with E-state index < -0.39 is 0 Å². The molecule has 4 nitrogen and oxygen atoms in total. The minimum Gasteiger partial charge on any atom is -0.368 e. The molecule has 2 aromatic carbocycles. The molecule has 1 aliphatic heterocycles. The average Bonchev–Trinajstić information content (AvgIpc) is 3.16. The number of piperazine rings is 1. The fourth-order valence-electron chi connectivity index (χ4n) is 3.69. The van der Waals surface area contributed by atoms with Crippen molar-refractivity contribution in [2.45, 2.75) is 20.8 Å². The number of nitrogens with zero attached hydrogens (tertiary/aromatic N) is 3. The Morgan fingerprint density at radius 2 is 1.68 bits per heavy atom. The van der Waals surface area contributed by atoms with Crippen molar-refractivity contribution in [3.05, 3.63) is 69.5 Å². The standard InChI is InChI=1S/C23H25N3OS/c1-16-5-4-6-22(17(16)2)25-11-13-26(14-12-25)23(27)20-9-7-19(8-10-20)21-15-28-18(3)24-21/h4-10,15H,11-14H2,1-3H3. The molecule has 0 radical (unpaired) electrons. The van der Waals surface area contributed by atoms with E-state index in [1.807, 2.05) is 36.1 Å². The maximum absolute atomic E-state index is 12.9. The van der Waals surface area contributed by atoms with Gasteiger partial charge in [0.2, 0.25) is 0 Å². The van der Waals surface area contributed by atoms with Gasteiger partial charge in [0.1, 0.15) is 0 Å². The first-order valence-electron chi connectivity index (χ1n) is 9.66. The number of rotatable bonds is 3. The van der Waals surface area contributed by atoms with E-state index in [-0.39, 0.29) is 5.91 Å². The zero-order chi connectivity index (χ0) is 19.7. The second kappa shape index (κ2) is 7.76. The summed E-state index contributed by atoms with van der Waals surface area (Å²) in [6, 6.07) is 14.3. The van der Waals surface area contributed by atoms with Gasteiger partial charge >= 0.3 is 0 Å². The minimum atomic E-state index is 0.113. The molecule has 4 rings (SSSR count). The van der Waals surface area contributed by atoms with Gasteiger partial charge in [0.25, 0.3) is 5.91 Å². The fourth-order valence-corrected chi connectivity index (χ4v) is 4.31. The van der Waals surface area contributed by atoms with Crippen LogP contribution in [-0.2, 0) is 0 Å². The van der Waals surface area contributed by atoms with Crippen LogP contribution in [0.15, 0.2) is 47.8 Å². The summed E-state index contributed by atoms with van der Waals surface area (Å²) in [6.07, 6.45) is 0. The number of hydrogen-bond acceptors (Lipinski definition) is 4. The lowest BCUT2D eigenvalue weighted by atomic mass is 10.1. The van der Waals surface area contributed by atoms with E-state index in [1.165, 1.54) is 16.8 Å². The number of carbonyl (C=O) groups excluding carboxylic acids is 1. The fraction of sp³-hybridized carbons (Fsp3) is 0.304. The van der Waals surface area contributed by atoms with Gasteiger partial charge in [-0.1, -0.05) is 24.3 Å². The summed E-state index contributed by atoms with van der Waals surface area (Å²) < 4.78 is 0. The molecule has 0 aliphatic carbocycles. The first kappa shape index (κ1) is 18.7. The van der Waals surface area contributed by atoms with Crippen LogP contribution in [0.2, 0.25) is 0 Å². The highest BCUT2D eigenvalue weighted by Crippen LogP contribution is 2.25. The lowest BCUT2D eigenvalue weighted by molar-refractivity contribution is 0.0747. The summed E-state index contributed by atoms with van der Waals surface area (Å²) in [5, 5.41) is 3.11. The number of amides is 1. The predicted molar refractivity (Wildman–Crippen MR) is 116 cm³/mol. The third-order valence-electron chi connectivity index (χ3n) is 5.53. The average molecular weight is 392 g/mol. The molecule has 28 heavy (non-hydrogen) atoms. The van der Waals surface area contributed by atoms with Crippen LogP contribution < -0.4 is 4.90 Å². The molecule has 0 N–H and O–H groups in total. The summed E-state index contributed by atoms with van der Waals surface area (Å²) >= 11 is 1.64. The van der Waals surface area contributed by atoms with Gasteiger partial charge in [-0.3, -0.25) is 4.79 Å². The SMILES string of the molecule is Cc1nc(-c2ccc(C(=O)N3CCN(c4cccc(C)c4C)CC3)cc2)cs1. The van der Waals surface area contributed by atoms with Gasteiger partial charge in [0.15, 0.2) is 0 Å². The van der Waals surface area contributed by atoms with Crippen LogP contribution in [0.4, 0.5) is 5.69 Å². The molecular formula is C23H25N3OS. The molecule has 3 aromatic rings. The van der Waals surface area contributed by atoms with Crippen molar-refractivity contribution < 1.29 is 4.79 Å². The topological polar surface area (TPSA) is 36.4 Å². The van der Waals surface area contributed by atoms with E-state index in [0.717, 1.165) is 48.0 Å². The number of aryl methyl sites for hydroxylation is 2. The molecular weight excluding hydrogens is 366 g/mol. The highest BCUT2D eigenvalue weighted by molar-refractivity contribution is 7.09. The lowest BCUT2D eigenvalue weighted by Gasteiger charge is -2.37. The monoisotopic (exact) mass is 391 g/mol. The third-order valence-corrected chi connectivity index (χ3v) is 6.30. The maximum Gasteiger partial charge on any atom is 0.253 e. The number of benzene rings is 2. The Morgan fingerprint density at radius 3 is 2.32 bits per heavy atom. The van der Waals surface area contributed by atoms with Crippen LogP contribution in [-0.4, -0.2) is 42.0 Å². The molecule has 0 bridgehead atoms. The molecule has 5 heteroatoms. The molecule has 1 aromatic heterocycles. The van der Waals surface area contributed by atoms with Crippen LogP contribution in [0, 0.1) is 20.8 Å². The maximum atomic E-state index is 12.9. The summed E-state index contributed by atoms with van der Waals surface area (Å²) in [6.45, 7) is 9.56. The molecule has 1 saturated heterocycles. The first-order valence-corrected chi connectivity index (χ1v) is 10.5. The molecule has 0 atom stereocenters. The Labute approximate surface area is 170 Å². The summed E-state index contributed by atoms with van der Waals surface area (Å²) in [5.41, 5.74) is 6.71. The zero-order valence-electron chi connectivity index (χ0n) is 16.6. The van der Waals surface area contributed by atoms with Gasteiger partial charge in [-0.15, -0.1) is 11.3 Å². The molecule has 1 amide bonds. The number of aromatic nitrogens is 1. The van der Waals surface area contributed by atoms with Crippen molar-refractivity contribution in [1.82, 2.24) is 9.88 Å². The minimum absolute atomic E-state index is 0.113. The van der Waals surface area contributed by atoms with E-state index in [4.69, 9.17) is 0 Å². The summed E-state index contributed by atoms with van der Waals surface area (Å²) in [4.78, 5) is 21.8. The van der Waals surface area contributed by atoms with Gasteiger partial charge in [-0.05, 0) is 50.1 Å². The Balaban J connectivity index is 1.42. The quantitative estimate of drug-likeness (QED) is 0.649. The van der Waals surface area contributed by atoms with E-state index in [0.29, 0.717) is 0 Å². The largest absolute Gasteiger partial charge is 0.368 e. The molecule has 0 saturated carbocycles. The first-order chi connectivity index (χ1) is 13.5. The van der Waals surface area contributed by atoms with Crippen LogP contribution in [0.1, 0.15) is 26.5 Å². The van der Waals surface area contributed by atoms with Crippen molar-refractivity contribution in [2.24, 2.45) is 0 Å². The Bertz CT molecular complexity index is 985. The highest BCUT2D eigenvalue weighted by Gasteiger charge is 2.23. The molecule has 144 valence electrons. The van der Waals surface area contributed by atoms with Gasteiger partial charge in [-0.2, -0.15) is 0 Å². The van der Waals surface area contributed by atoms with E-state index >= 15 is 0 Å². The Morgan fingerprint density at radius 1 is 0.964 bits per heavy atom.